The van der Waals surface area contributed by atoms with E-state index in [4.69, 9.17) is 0 Å². The Bertz CT molecular complexity index is 1290. The van der Waals surface area contributed by atoms with Gasteiger partial charge in [0.2, 0.25) is 23.8 Å². The largest absolute Gasteiger partial charge is 0.342 e. The fourth-order valence-corrected chi connectivity index (χ4v) is 3.47. The number of amides is 1. The number of benzene rings is 3. The maximum atomic E-state index is 12.9. The molecule has 8 heteroatoms. The number of carbonyl (C=O) groups is 1. The number of carbonyl (C=O) groups excluding carboxylic acids is 1. The van der Waals surface area contributed by atoms with E-state index in [9.17, 15) is 4.79 Å². The lowest BCUT2D eigenvalue weighted by atomic mass is 10.1. The van der Waals surface area contributed by atoms with Crippen molar-refractivity contribution in [3.63, 3.8) is 0 Å². The summed E-state index contributed by atoms with van der Waals surface area (Å²) in [6.45, 7) is 9.83. The van der Waals surface area contributed by atoms with Gasteiger partial charge in [-0.05, 0) is 76.1 Å². The van der Waals surface area contributed by atoms with E-state index in [1.807, 2.05) is 94.4 Å². The number of hydrogen-bond acceptors (Lipinski definition) is 7. The van der Waals surface area contributed by atoms with Crippen LogP contribution in [0.2, 0.25) is 0 Å². The summed E-state index contributed by atoms with van der Waals surface area (Å²) in [4.78, 5) is 26.5. The summed E-state index contributed by atoms with van der Waals surface area (Å²) < 4.78 is 0. The standard InChI is InChI=1S/C28H31N7O/c1-17-9-13-22(14-10-17)30-27-33-26(34-28(35-27)31-23-15-11-18(2)12-16-23)29-21(5)25(36)32-24-8-6-7-19(3)20(24)4/h6-16,21H,1-5H3,(H,32,36)(H3,29,30,31,33,34,35)/t21-/m0/s1. The summed E-state index contributed by atoms with van der Waals surface area (Å²) in [5, 5.41) is 12.5. The number of hydrogen-bond donors (Lipinski definition) is 4. The van der Waals surface area contributed by atoms with Gasteiger partial charge in [0.1, 0.15) is 6.04 Å². The molecule has 3 aromatic carbocycles. The van der Waals surface area contributed by atoms with Crippen LogP contribution in [0.4, 0.5) is 34.9 Å². The molecule has 8 nitrogen and oxygen atoms in total. The van der Waals surface area contributed by atoms with Gasteiger partial charge in [0, 0.05) is 17.1 Å². The molecule has 1 atom stereocenters. The van der Waals surface area contributed by atoms with Gasteiger partial charge < -0.3 is 21.3 Å². The second kappa shape index (κ2) is 10.9. The zero-order valence-electron chi connectivity index (χ0n) is 21.2. The zero-order chi connectivity index (χ0) is 25.7. The molecule has 0 bridgehead atoms. The topological polar surface area (TPSA) is 104 Å². The number of aromatic nitrogens is 3. The van der Waals surface area contributed by atoms with Crippen molar-refractivity contribution in [1.29, 1.82) is 0 Å². The number of nitrogens with one attached hydrogen (secondary N) is 4. The molecule has 1 amide bonds. The Hall–Kier alpha value is -4.46. The first-order valence-corrected chi connectivity index (χ1v) is 11.8. The second-order valence-corrected chi connectivity index (χ2v) is 8.89. The van der Waals surface area contributed by atoms with Crippen molar-refractivity contribution in [1.82, 2.24) is 15.0 Å². The number of anilines is 6. The van der Waals surface area contributed by atoms with Crippen LogP contribution in [0.1, 0.15) is 29.2 Å². The van der Waals surface area contributed by atoms with Gasteiger partial charge in [-0.3, -0.25) is 4.79 Å². The Kier molecular flexibility index (Phi) is 7.44. The molecule has 4 rings (SSSR count). The number of aryl methyl sites for hydroxylation is 3. The highest BCUT2D eigenvalue weighted by Gasteiger charge is 2.17. The van der Waals surface area contributed by atoms with Crippen LogP contribution >= 0.6 is 0 Å². The van der Waals surface area contributed by atoms with Crippen LogP contribution in [0.5, 0.6) is 0 Å². The molecular formula is C28H31N7O. The van der Waals surface area contributed by atoms with Crippen LogP contribution in [-0.2, 0) is 4.79 Å². The highest BCUT2D eigenvalue weighted by Crippen LogP contribution is 2.21. The molecule has 0 aliphatic carbocycles. The number of rotatable bonds is 8. The molecule has 0 fully saturated rings. The van der Waals surface area contributed by atoms with Gasteiger partial charge in [-0.1, -0.05) is 47.5 Å². The molecule has 0 spiro atoms. The molecule has 0 aliphatic rings. The lowest BCUT2D eigenvalue weighted by molar-refractivity contribution is -0.116. The van der Waals surface area contributed by atoms with E-state index in [0.717, 1.165) is 39.3 Å². The van der Waals surface area contributed by atoms with Crippen LogP contribution in [0.15, 0.2) is 66.7 Å². The molecule has 0 radical (unpaired) electrons. The summed E-state index contributed by atoms with van der Waals surface area (Å²) in [5.74, 6) is 0.796. The highest BCUT2D eigenvalue weighted by atomic mass is 16.2. The van der Waals surface area contributed by atoms with Gasteiger partial charge in [0.05, 0.1) is 0 Å². The molecule has 0 saturated carbocycles. The smallest absolute Gasteiger partial charge is 0.246 e. The molecular weight excluding hydrogens is 450 g/mol. The summed E-state index contributed by atoms with van der Waals surface area (Å²) in [6.07, 6.45) is 0. The van der Waals surface area contributed by atoms with Gasteiger partial charge in [0.25, 0.3) is 0 Å². The maximum absolute atomic E-state index is 12.9. The maximum Gasteiger partial charge on any atom is 0.246 e. The van der Waals surface area contributed by atoms with Crippen molar-refractivity contribution >= 4 is 40.8 Å². The van der Waals surface area contributed by atoms with Crippen molar-refractivity contribution in [3.05, 3.63) is 89.0 Å². The fourth-order valence-electron chi connectivity index (χ4n) is 3.47. The van der Waals surface area contributed by atoms with Crippen molar-refractivity contribution in [3.8, 4) is 0 Å². The Balaban J connectivity index is 1.56. The third-order valence-corrected chi connectivity index (χ3v) is 5.85. The monoisotopic (exact) mass is 481 g/mol. The average Bonchev–Trinajstić information content (AvgIpc) is 2.85. The normalized spacial score (nSPS) is 11.5. The predicted octanol–water partition coefficient (Wildman–Crippen LogP) is 6.03. The Morgan fingerprint density at radius 2 is 1.19 bits per heavy atom. The molecule has 0 saturated heterocycles. The first kappa shape index (κ1) is 24.7. The fraction of sp³-hybridized carbons (Fsp3) is 0.214. The molecule has 184 valence electrons. The van der Waals surface area contributed by atoms with E-state index < -0.39 is 6.04 Å². The van der Waals surface area contributed by atoms with E-state index >= 15 is 0 Å². The molecule has 4 N–H and O–H groups in total. The summed E-state index contributed by atoms with van der Waals surface area (Å²) in [7, 11) is 0. The Morgan fingerprint density at radius 3 is 1.72 bits per heavy atom. The zero-order valence-corrected chi connectivity index (χ0v) is 21.2. The quantitative estimate of drug-likeness (QED) is 0.243. The second-order valence-electron chi connectivity index (χ2n) is 8.89. The van der Waals surface area contributed by atoms with E-state index in [1.165, 1.54) is 0 Å². The molecule has 4 aromatic rings. The van der Waals surface area contributed by atoms with Crippen molar-refractivity contribution in [2.24, 2.45) is 0 Å². The lowest BCUT2D eigenvalue weighted by Gasteiger charge is -2.17. The van der Waals surface area contributed by atoms with Crippen LogP contribution < -0.4 is 21.3 Å². The van der Waals surface area contributed by atoms with Gasteiger partial charge in [0.15, 0.2) is 0 Å². The Labute approximate surface area is 211 Å². The van der Waals surface area contributed by atoms with E-state index in [1.54, 1.807) is 6.92 Å². The van der Waals surface area contributed by atoms with Crippen molar-refractivity contribution < 1.29 is 4.79 Å². The van der Waals surface area contributed by atoms with Gasteiger partial charge in [-0.15, -0.1) is 0 Å². The third-order valence-electron chi connectivity index (χ3n) is 5.85. The van der Waals surface area contributed by atoms with E-state index in [-0.39, 0.29) is 11.9 Å². The average molecular weight is 482 g/mol. The summed E-state index contributed by atoms with van der Waals surface area (Å²) in [5.41, 5.74) is 6.94. The SMILES string of the molecule is Cc1ccc(Nc2nc(Nc3ccc(C)cc3)nc(N[C@@H](C)C(=O)Nc3cccc(C)c3C)n2)cc1. The first-order chi connectivity index (χ1) is 17.3. The van der Waals surface area contributed by atoms with E-state index in [0.29, 0.717) is 11.9 Å². The van der Waals surface area contributed by atoms with Crippen LogP contribution in [0.3, 0.4) is 0 Å². The van der Waals surface area contributed by atoms with Gasteiger partial charge in [-0.25, -0.2) is 0 Å². The molecule has 1 heterocycles. The van der Waals surface area contributed by atoms with Crippen LogP contribution in [0.25, 0.3) is 0 Å². The van der Waals surface area contributed by atoms with Crippen molar-refractivity contribution in [2.75, 3.05) is 21.3 Å². The number of nitrogens with zero attached hydrogens (tertiary/aromatic N) is 3. The molecule has 0 unspecified atom stereocenters. The minimum absolute atomic E-state index is 0.190. The minimum atomic E-state index is -0.591. The van der Waals surface area contributed by atoms with Crippen LogP contribution in [0, 0.1) is 27.7 Å². The van der Waals surface area contributed by atoms with Gasteiger partial charge in [-0.2, -0.15) is 15.0 Å². The summed E-state index contributed by atoms with van der Waals surface area (Å²) in [6, 6.07) is 21.1. The van der Waals surface area contributed by atoms with E-state index in [2.05, 4.69) is 36.2 Å². The van der Waals surface area contributed by atoms with Crippen molar-refractivity contribution in [2.45, 2.75) is 40.7 Å². The van der Waals surface area contributed by atoms with Gasteiger partial charge >= 0.3 is 0 Å². The predicted molar refractivity (Wildman–Crippen MR) is 146 cm³/mol. The molecule has 36 heavy (non-hydrogen) atoms. The lowest BCUT2D eigenvalue weighted by Crippen LogP contribution is -2.33. The molecule has 1 aromatic heterocycles. The third kappa shape index (κ3) is 6.35. The highest BCUT2D eigenvalue weighted by molar-refractivity contribution is 5.96. The molecule has 0 aliphatic heterocycles. The summed E-state index contributed by atoms with van der Waals surface area (Å²) >= 11 is 0. The Morgan fingerprint density at radius 1 is 0.694 bits per heavy atom. The van der Waals surface area contributed by atoms with Crippen LogP contribution in [-0.4, -0.2) is 26.9 Å². The first-order valence-electron chi connectivity index (χ1n) is 11.8. The minimum Gasteiger partial charge on any atom is -0.342 e.